The van der Waals surface area contributed by atoms with Gasteiger partial charge in [0.1, 0.15) is 16.9 Å². The van der Waals surface area contributed by atoms with Gasteiger partial charge in [-0.3, -0.25) is 14.3 Å². The second kappa shape index (κ2) is 10.3. The molecule has 2 aliphatic rings. The van der Waals surface area contributed by atoms with Crippen molar-refractivity contribution in [3.05, 3.63) is 64.8 Å². The van der Waals surface area contributed by atoms with E-state index in [2.05, 4.69) is 39.2 Å². The molecule has 1 amide bonds. The molecule has 2 aromatic heterocycles. The summed E-state index contributed by atoms with van der Waals surface area (Å²) in [6, 6.07) is 15.6. The zero-order valence-electron chi connectivity index (χ0n) is 21.1. The van der Waals surface area contributed by atoms with Crippen LogP contribution in [0.5, 0.6) is 0 Å². The maximum atomic E-state index is 12.9. The van der Waals surface area contributed by atoms with Crippen LogP contribution in [0.15, 0.2) is 54.7 Å². The third-order valence-corrected chi connectivity index (χ3v) is 8.13. The first-order valence-electron chi connectivity index (χ1n) is 12.4. The van der Waals surface area contributed by atoms with Crippen LogP contribution in [-0.4, -0.2) is 61.9 Å². The summed E-state index contributed by atoms with van der Waals surface area (Å²) in [5.74, 6) is 1.54. The van der Waals surface area contributed by atoms with E-state index < -0.39 is 5.54 Å². The van der Waals surface area contributed by atoms with Gasteiger partial charge in [0, 0.05) is 35.4 Å². The molecule has 4 aromatic rings. The Balaban J connectivity index is 0.00000294. The van der Waals surface area contributed by atoms with E-state index in [0.717, 1.165) is 22.3 Å². The van der Waals surface area contributed by atoms with Crippen molar-refractivity contribution >= 4 is 58.4 Å². The average molecular weight is 573 g/mol. The van der Waals surface area contributed by atoms with E-state index in [-0.39, 0.29) is 24.4 Å². The normalized spacial score (nSPS) is 17.3. The first-order valence-corrected chi connectivity index (χ1v) is 13.2. The maximum Gasteiger partial charge on any atom is 0.241 e. The lowest BCUT2D eigenvalue weighted by molar-refractivity contribution is -0.128. The fourth-order valence-electron chi connectivity index (χ4n) is 5.67. The molecule has 8 nitrogen and oxygen atoms in total. The highest BCUT2D eigenvalue weighted by atomic mass is 35.5. The second-order valence-corrected chi connectivity index (χ2v) is 10.7. The van der Waals surface area contributed by atoms with E-state index in [9.17, 15) is 4.79 Å². The Morgan fingerprint density at radius 1 is 1.03 bits per heavy atom. The summed E-state index contributed by atoms with van der Waals surface area (Å²) < 4.78 is 2.04. The Kier molecular flexibility index (Phi) is 7.26. The highest BCUT2D eigenvalue weighted by Gasteiger charge is 2.51. The average Bonchev–Trinajstić information content (AvgIpc) is 3.43. The van der Waals surface area contributed by atoms with Gasteiger partial charge in [0.15, 0.2) is 5.82 Å². The fourth-order valence-corrected chi connectivity index (χ4v) is 6.02. The number of piperidine rings is 1. The Morgan fingerprint density at radius 2 is 1.74 bits per heavy atom. The summed E-state index contributed by atoms with van der Waals surface area (Å²) in [5.41, 5.74) is 2.80. The quantitative estimate of drug-likeness (QED) is 0.355. The highest BCUT2D eigenvalue weighted by molar-refractivity contribution is 6.33. The number of nitrogens with zero attached hydrogens (tertiary/aromatic N) is 6. The highest BCUT2D eigenvalue weighted by Crippen LogP contribution is 2.38. The molecule has 0 radical (unpaired) electrons. The van der Waals surface area contributed by atoms with Crippen molar-refractivity contribution in [2.24, 2.45) is 0 Å². The smallest absolute Gasteiger partial charge is 0.241 e. The number of aromatic nitrogens is 4. The predicted molar refractivity (Wildman–Crippen MR) is 154 cm³/mol. The minimum absolute atomic E-state index is 0. The lowest BCUT2D eigenvalue weighted by atomic mass is 9.85. The predicted octanol–water partition coefficient (Wildman–Crippen LogP) is 5.35. The first kappa shape index (κ1) is 26.7. The molecule has 0 aliphatic carbocycles. The van der Waals surface area contributed by atoms with Crippen LogP contribution >= 0.6 is 35.6 Å². The minimum Gasteiger partial charge on any atom is -0.353 e. The van der Waals surface area contributed by atoms with E-state index in [4.69, 9.17) is 28.2 Å². The van der Waals surface area contributed by atoms with Crippen molar-refractivity contribution in [1.29, 1.82) is 0 Å². The molecule has 0 unspecified atom stereocenters. The second-order valence-electron chi connectivity index (χ2n) is 9.88. The molecule has 1 N–H and O–H groups in total. The van der Waals surface area contributed by atoms with E-state index in [1.807, 2.05) is 53.1 Å². The lowest BCUT2D eigenvalue weighted by Crippen LogP contribution is -2.58. The van der Waals surface area contributed by atoms with Crippen molar-refractivity contribution < 1.29 is 4.79 Å². The first-order chi connectivity index (χ1) is 17.9. The zero-order chi connectivity index (χ0) is 25.7. The van der Waals surface area contributed by atoms with Crippen LogP contribution in [0.3, 0.4) is 0 Å². The topological polar surface area (TPSA) is 79.2 Å². The monoisotopic (exact) mass is 571 g/mol. The third-order valence-electron chi connectivity index (χ3n) is 7.55. The zero-order valence-corrected chi connectivity index (χ0v) is 23.4. The maximum absolute atomic E-state index is 12.9. The number of benzene rings is 2. The van der Waals surface area contributed by atoms with Crippen LogP contribution in [0, 0.1) is 0 Å². The van der Waals surface area contributed by atoms with Crippen LogP contribution in [0.25, 0.3) is 28.1 Å². The van der Waals surface area contributed by atoms with Crippen LogP contribution in [-0.2, 0) is 4.79 Å². The molecular formula is C27H28Cl3N7O. The molecule has 0 bridgehead atoms. The van der Waals surface area contributed by atoms with Gasteiger partial charge in [-0.15, -0.1) is 17.5 Å². The van der Waals surface area contributed by atoms with E-state index in [1.165, 1.54) is 0 Å². The Hall–Kier alpha value is -2.91. The van der Waals surface area contributed by atoms with E-state index in [1.54, 1.807) is 6.20 Å². The summed E-state index contributed by atoms with van der Waals surface area (Å²) in [4.78, 5) is 22.5. The summed E-state index contributed by atoms with van der Waals surface area (Å²) in [6.07, 6.45) is 3.16. The van der Waals surface area contributed by atoms with Crippen LogP contribution in [0.1, 0.15) is 26.7 Å². The van der Waals surface area contributed by atoms with Crippen LogP contribution < -0.4 is 10.2 Å². The third kappa shape index (κ3) is 4.29. The van der Waals surface area contributed by atoms with Gasteiger partial charge < -0.3 is 10.2 Å². The molecule has 6 rings (SSSR count). The molecule has 2 aliphatic heterocycles. The molecule has 0 atom stereocenters. The number of halogens is 3. The Labute approximate surface area is 237 Å². The number of hydrogen-bond acceptors (Lipinski definition) is 6. The van der Waals surface area contributed by atoms with Crippen molar-refractivity contribution in [3.63, 3.8) is 0 Å². The van der Waals surface area contributed by atoms with Gasteiger partial charge in [0.2, 0.25) is 5.91 Å². The Bertz CT molecular complexity index is 1480. The number of carbonyl (C=O) groups is 1. The molecular weight excluding hydrogens is 545 g/mol. The van der Waals surface area contributed by atoms with Crippen molar-refractivity contribution in [2.75, 3.05) is 24.7 Å². The molecule has 1 spiro atoms. The van der Waals surface area contributed by atoms with Gasteiger partial charge in [-0.1, -0.05) is 35.3 Å². The molecule has 2 fully saturated rings. The summed E-state index contributed by atoms with van der Waals surface area (Å²) >= 11 is 12.8. The minimum atomic E-state index is -0.475. The standard InChI is InChI=1S/C27H27Cl2N7O.ClH/c1-17(2)35-16-30-26(37)27(35)11-13-34(14-12-27)25-23-22(15-31-33-25)36(19-9-7-18(28)8-10-19)24(32-23)20-5-3-4-6-21(20)29;/h3-10,15,17H,11-14,16H2,1-2H3,(H,30,37);1H. The molecule has 198 valence electrons. The number of imidazole rings is 1. The van der Waals surface area contributed by atoms with Crippen molar-refractivity contribution in [1.82, 2.24) is 30.0 Å². The summed E-state index contributed by atoms with van der Waals surface area (Å²) in [6.45, 7) is 6.23. The van der Waals surface area contributed by atoms with Crippen molar-refractivity contribution in [2.45, 2.75) is 38.3 Å². The number of amides is 1. The number of anilines is 1. The Morgan fingerprint density at radius 3 is 2.42 bits per heavy atom. The largest absolute Gasteiger partial charge is 0.353 e. The summed E-state index contributed by atoms with van der Waals surface area (Å²) in [7, 11) is 0. The molecule has 11 heteroatoms. The molecule has 4 heterocycles. The lowest BCUT2D eigenvalue weighted by Gasteiger charge is -2.44. The van der Waals surface area contributed by atoms with E-state index >= 15 is 0 Å². The molecule has 2 aromatic carbocycles. The SMILES string of the molecule is CC(C)N1CNC(=O)C12CCN(c1nncc3c1nc(-c1ccccc1Cl)n3-c1ccc(Cl)cc1)CC2.Cl. The van der Waals surface area contributed by atoms with Gasteiger partial charge >= 0.3 is 0 Å². The van der Waals surface area contributed by atoms with Crippen LogP contribution in [0.2, 0.25) is 10.0 Å². The van der Waals surface area contributed by atoms with Crippen LogP contribution in [0.4, 0.5) is 5.82 Å². The van der Waals surface area contributed by atoms with Gasteiger partial charge in [-0.2, -0.15) is 5.10 Å². The number of nitrogens with one attached hydrogen (secondary N) is 1. The number of fused-ring (bicyclic) bond motifs is 1. The molecule has 38 heavy (non-hydrogen) atoms. The molecule has 2 saturated heterocycles. The van der Waals surface area contributed by atoms with Crippen molar-refractivity contribution in [3.8, 4) is 17.1 Å². The fraction of sp³-hybridized carbons (Fsp3) is 0.333. The van der Waals surface area contributed by atoms with Gasteiger partial charge in [-0.25, -0.2) is 4.98 Å². The van der Waals surface area contributed by atoms with Gasteiger partial charge in [0.05, 0.1) is 23.4 Å². The van der Waals surface area contributed by atoms with Gasteiger partial charge in [-0.05, 0) is 63.1 Å². The number of carbonyl (C=O) groups excluding carboxylic acids is 1. The number of rotatable bonds is 4. The van der Waals surface area contributed by atoms with Gasteiger partial charge in [0.25, 0.3) is 0 Å². The summed E-state index contributed by atoms with van der Waals surface area (Å²) in [5, 5.41) is 13.2. The molecule has 0 saturated carbocycles. The van der Waals surface area contributed by atoms with E-state index in [0.29, 0.717) is 54.3 Å². The number of hydrogen-bond donors (Lipinski definition) is 1.